The van der Waals surface area contributed by atoms with Gasteiger partial charge in [-0.25, -0.2) is 0 Å². The van der Waals surface area contributed by atoms with Gasteiger partial charge >= 0.3 is 0 Å². The summed E-state index contributed by atoms with van der Waals surface area (Å²) in [5.74, 6) is 0.0289. The Bertz CT molecular complexity index is 506. The SMILES string of the molecule is CCN(c1ccc(Cl)cc1C(N)=O)C1CCCCC1CN. The summed E-state index contributed by atoms with van der Waals surface area (Å²) in [6.45, 7) is 3.60. The van der Waals surface area contributed by atoms with Crippen LogP contribution in [0.3, 0.4) is 0 Å². The fourth-order valence-corrected chi connectivity index (χ4v) is 3.59. The molecule has 4 N–H and O–H groups in total. The number of carbonyl (C=O) groups is 1. The van der Waals surface area contributed by atoms with Crippen molar-refractivity contribution in [2.75, 3.05) is 18.0 Å². The summed E-state index contributed by atoms with van der Waals surface area (Å²) in [6, 6.07) is 5.73. The second-order valence-corrected chi connectivity index (χ2v) is 6.10. The Kier molecular flexibility index (Phi) is 5.48. The Balaban J connectivity index is 2.38. The van der Waals surface area contributed by atoms with Crippen LogP contribution in [-0.2, 0) is 0 Å². The van der Waals surface area contributed by atoms with Crippen molar-refractivity contribution in [3.8, 4) is 0 Å². The van der Waals surface area contributed by atoms with Crippen molar-refractivity contribution in [1.29, 1.82) is 0 Å². The third-order valence-corrected chi connectivity index (χ3v) is 4.68. The number of anilines is 1. The fourth-order valence-electron chi connectivity index (χ4n) is 3.41. The monoisotopic (exact) mass is 309 g/mol. The van der Waals surface area contributed by atoms with E-state index in [1.54, 1.807) is 6.07 Å². The number of amides is 1. The molecular formula is C16H24ClN3O. The molecule has 1 fully saturated rings. The highest BCUT2D eigenvalue weighted by molar-refractivity contribution is 6.31. The summed E-state index contributed by atoms with van der Waals surface area (Å²) in [5, 5.41) is 0.530. The second-order valence-electron chi connectivity index (χ2n) is 5.66. The Morgan fingerprint density at radius 2 is 2.10 bits per heavy atom. The van der Waals surface area contributed by atoms with Crippen LogP contribution in [0.25, 0.3) is 0 Å². The smallest absolute Gasteiger partial charge is 0.250 e. The number of nitrogens with zero attached hydrogens (tertiary/aromatic N) is 1. The van der Waals surface area contributed by atoms with Gasteiger partial charge < -0.3 is 16.4 Å². The first-order valence-corrected chi connectivity index (χ1v) is 8.02. The van der Waals surface area contributed by atoms with E-state index >= 15 is 0 Å². The maximum Gasteiger partial charge on any atom is 0.250 e. The zero-order valence-corrected chi connectivity index (χ0v) is 13.3. The predicted octanol–water partition coefficient (Wildman–Crippen LogP) is 2.78. The zero-order valence-electron chi connectivity index (χ0n) is 12.5. The molecule has 5 heteroatoms. The van der Waals surface area contributed by atoms with E-state index in [-0.39, 0.29) is 0 Å². The van der Waals surface area contributed by atoms with E-state index < -0.39 is 5.91 Å². The van der Waals surface area contributed by atoms with Crippen LogP contribution in [0.5, 0.6) is 0 Å². The van der Waals surface area contributed by atoms with Crippen molar-refractivity contribution in [3.05, 3.63) is 28.8 Å². The van der Waals surface area contributed by atoms with Gasteiger partial charge in [0.2, 0.25) is 0 Å². The Morgan fingerprint density at radius 1 is 1.38 bits per heavy atom. The van der Waals surface area contributed by atoms with E-state index in [0.717, 1.165) is 25.1 Å². The van der Waals surface area contributed by atoms with Crippen LogP contribution in [0.2, 0.25) is 5.02 Å². The van der Waals surface area contributed by atoms with Crippen LogP contribution in [0.15, 0.2) is 18.2 Å². The first kappa shape index (κ1) is 16.1. The molecule has 1 aliphatic carbocycles. The molecule has 1 saturated carbocycles. The third kappa shape index (κ3) is 3.50. The number of halogens is 1. The highest BCUT2D eigenvalue weighted by atomic mass is 35.5. The molecule has 0 radical (unpaired) electrons. The number of carbonyl (C=O) groups excluding carboxylic acids is 1. The molecule has 0 bridgehead atoms. The Labute approximate surface area is 131 Å². The molecule has 1 aliphatic rings. The molecule has 2 rings (SSSR count). The van der Waals surface area contributed by atoms with Crippen LogP contribution in [-0.4, -0.2) is 25.0 Å². The van der Waals surface area contributed by atoms with Gasteiger partial charge in [0.05, 0.1) is 5.56 Å². The molecule has 1 amide bonds. The molecule has 0 saturated heterocycles. The maximum atomic E-state index is 11.7. The van der Waals surface area contributed by atoms with Gasteiger partial charge in [0.15, 0.2) is 0 Å². The van der Waals surface area contributed by atoms with E-state index in [1.165, 1.54) is 12.8 Å². The molecule has 0 heterocycles. The average Bonchev–Trinajstić information content (AvgIpc) is 2.49. The van der Waals surface area contributed by atoms with Gasteiger partial charge in [-0.2, -0.15) is 0 Å². The number of hydrogen-bond donors (Lipinski definition) is 2. The van der Waals surface area contributed by atoms with E-state index in [9.17, 15) is 4.79 Å². The minimum atomic E-state index is -0.439. The maximum absolute atomic E-state index is 11.7. The Morgan fingerprint density at radius 3 is 2.71 bits per heavy atom. The van der Waals surface area contributed by atoms with Gasteiger partial charge in [0.1, 0.15) is 0 Å². The molecule has 1 aromatic rings. The van der Waals surface area contributed by atoms with E-state index in [1.807, 2.05) is 12.1 Å². The molecule has 2 atom stereocenters. The summed E-state index contributed by atoms with van der Waals surface area (Å²) in [6.07, 6.45) is 4.70. The minimum absolute atomic E-state index is 0.369. The first-order valence-electron chi connectivity index (χ1n) is 7.64. The largest absolute Gasteiger partial charge is 0.368 e. The van der Waals surface area contributed by atoms with Gasteiger partial charge in [-0.3, -0.25) is 4.79 Å². The molecule has 0 aliphatic heterocycles. The highest BCUT2D eigenvalue weighted by Gasteiger charge is 2.30. The first-order chi connectivity index (χ1) is 10.1. The number of primary amides is 1. The lowest BCUT2D eigenvalue weighted by atomic mass is 9.83. The van der Waals surface area contributed by atoms with Crippen molar-refractivity contribution >= 4 is 23.2 Å². The predicted molar refractivity (Wildman–Crippen MR) is 87.8 cm³/mol. The lowest BCUT2D eigenvalue weighted by molar-refractivity contribution is 0.100. The summed E-state index contributed by atoms with van der Waals surface area (Å²) < 4.78 is 0. The minimum Gasteiger partial charge on any atom is -0.368 e. The molecule has 21 heavy (non-hydrogen) atoms. The molecule has 4 nitrogen and oxygen atoms in total. The lowest BCUT2D eigenvalue weighted by Crippen LogP contribution is -2.46. The molecule has 2 unspecified atom stereocenters. The van der Waals surface area contributed by atoms with Gasteiger partial charge in [-0.15, -0.1) is 0 Å². The zero-order chi connectivity index (χ0) is 15.4. The Hall–Kier alpha value is -1.26. The quantitative estimate of drug-likeness (QED) is 0.878. The van der Waals surface area contributed by atoms with Crippen molar-refractivity contribution in [2.45, 2.75) is 38.6 Å². The summed E-state index contributed by atoms with van der Waals surface area (Å²) in [4.78, 5) is 14.0. The number of benzene rings is 1. The lowest BCUT2D eigenvalue weighted by Gasteiger charge is -2.41. The molecule has 0 aromatic heterocycles. The normalized spacial score (nSPS) is 22.0. The standard InChI is InChI=1S/C16H24ClN3O/c1-2-20(14-6-4-3-5-11(14)10-18)15-8-7-12(17)9-13(15)16(19)21/h7-9,11,14H,2-6,10,18H2,1H3,(H2,19,21). The average molecular weight is 310 g/mol. The van der Waals surface area contributed by atoms with Gasteiger partial charge in [0, 0.05) is 23.3 Å². The summed E-state index contributed by atoms with van der Waals surface area (Å²) in [5.41, 5.74) is 12.8. The summed E-state index contributed by atoms with van der Waals surface area (Å²) in [7, 11) is 0. The van der Waals surface area contributed by atoms with Crippen LogP contribution in [0, 0.1) is 5.92 Å². The van der Waals surface area contributed by atoms with E-state index in [4.69, 9.17) is 23.1 Å². The van der Waals surface area contributed by atoms with Crippen LogP contribution < -0.4 is 16.4 Å². The molecule has 1 aromatic carbocycles. The van der Waals surface area contributed by atoms with Crippen molar-refractivity contribution in [3.63, 3.8) is 0 Å². The topological polar surface area (TPSA) is 72.3 Å². The fraction of sp³-hybridized carbons (Fsp3) is 0.562. The number of rotatable bonds is 5. The van der Waals surface area contributed by atoms with Gasteiger partial charge in [0.25, 0.3) is 5.91 Å². The second kappa shape index (κ2) is 7.14. The third-order valence-electron chi connectivity index (χ3n) is 4.45. The summed E-state index contributed by atoms with van der Waals surface area (Å²) >= 11 is 6.00. The number of nitrogens with two attached hydrogens (primary N) is 2. The van der Waals surface area contributed by atoms with Crippen LogP contribution >= 0.6 is 11.6 Å². The number of hydrogen-bond acceptors (Lipinski definition) is 3. The molecular weight excluding hydrogens is 286 g/mol. The van der Waals surface area contributed by atoms with Crippen molar-refractivity contribution < 1.29 is 4.79 Å². The van der Waals surface area contributed by atoms with Crippen molar-refractivity contribution in [1.82, 2.24) is 0 Å². The molecule has 0 spiro atoms. The van der Waals surface area contributed by atoms with Gasteiger partial charge in [-0.1, -0.05) is 24.4 Å². The van der Waals surface area contributed by atoms with Crippen molar-refractivity contribution in [2.24, 2.45) is 17.4 Å². The van der Waals surface area contributed by atoms with Crippen LogP contribution in [0.1, 0.15) is 43.0 Å². The van der Waals surface area contributed by atoms with Gasteiger partial charge in [-0.05, 0) is 50.4 Å². The highest BCUT2D eigenvalue weighted by Crippen LogP contribution is 2.33. The molecule has 116 valence electrons. The van der Waals surface area contributed by atoms with E-state index in [2.05, 4.69) is 11.8 Å². The van der Waals surface area contributed by atoms with E-state index in [0.29, 0.717) is 29.1 Å². The van der Waals surface area contributed by atoms with Crippen LogP contribution in [0.4, 0.5) is 5.69 Å².